The van der Waals surface area contributed by atoms with E-state index in [1.54, 1.807) is 4.90 Å². The maximum absolute atomic E-state index is 12.1. The van der Waals surface area contributed by atoms with E-state index in [9.17, 15) is 9.90 Å². The van der Waals surface area contributed by atoms with E-state index in [1.807, 2.05) is 30.3 Å². The summed E-state index contributed by atoms with van der Waals surface area (Å²) in [5.74, 6) is -0.0507. The van der Waals surface area contributed by atoms with Gasteiger partial charge >= 0.3 is 12.3 Å². The molecular formula is C15H18N3O3+. The van der Waals surface area contributed by atoms with Gasteiger partial charge in [-0.05, 0) is 18.4 Å². The van der Waals surface area contributed by atoms with E-state index in [0.717, 1.165) is 24.6 Å². The Bertz CT molecular complexity index is 551. The van der Waals surface area contributed by atoms with Gasteiger partial charge in [-0.1, -0.05) is 30.3 Å². The van der Waals surface area contributed by atoms with E-state index >= 15 is 0 Å². The molecule has 1 aromatic rings. The summed E-state index contributed by atoms with van der Waals surface area (Å²) in [6.07, 6.45) is 2.53. The van der Waals surface area contributed by atoms with Crippen LogP contribution in [0, 0.1) is 5.39 Å². The second-order valence-electron chi connectivity index (χ2n) is 4.97. The molecule has 1 aromatic carbocycles. The normalized spacial score (nSPS) is 18.3. The van der Waals surface area contributed by atoms with Crippen LogP contribution in [-0.4, -0.2) is 28.7 Å². The molecule has 0 unspecified atom stereocenters. The molecule has 6 nitrogen and oxygen atoms in total. The minimum absolute atomic E-state index is 0.0507. The topological polar surface area (TPSA) is 77.9 Å². The first-order valence-electron chi connectivity index (χ1n) is 6.90. The third-order valence-electron chi connectivity index (χ3n) is 3.47. The summed E-state index contributed by atoms with van der Waals surface area (Å²) in [6, 6.07) is 9.36. The van der Waals surface area contributed by atoms with Gasteiger partial charge in [0.25, 0.3) is 0 Å². The van der Waals surface area contributed by atoms with Crippen LogP contribution >= 0.6 is 0 Å². The maximum Gasteiger partial charge on any atom is 0.410 e. The third kappa shape index (κ3) is 4.21. The predicted molar refractivity (Wildman–Crippen MR) is 76.8 cm³/mol. The van der Waals surface area contributed by atoms with Crippen molar-refractivity contribution in [1.82, 2.24) is 4.90 Å². The lowest BCUT2D eigenvalue weighted by molar-refractivity contribution is 0.0906. The molecule has 1 heterocycles. The first kappa shape index (κ1) is 14.9. The molecule has 0 saturated carbocycles. The number of rotatable bonds is 4. The van der Waals surface area contributed by atoms with Gasteiger partial charge < -0.3 is 14.7 Å². The molecule has 1 aliphatic rings. The molecule has 1 aliphatic heterocycles. The number of nitrogens with zero attached hydrogens (tertiary/aromatic N) is 3. The van der Waals surface area contributed by atoms with Crippen molar-refractivity contribution >= 4 is 6.09 Å². The molecule has 1 amide bonds. The quantitative estimate of drug-likeness (QED) is 0.680. The maximum atomic E-state index is 12.1. The summed E-state index contributed by atoms with van der Waals surface area (Å²) in [5, 5.41) is 17.9. The Hall–Kier alpha value is -2.55. The van der Waals surface area contributed by atoms with Crippen LogP contribution in [0.25, 0.3) is 4.98 Å². The van der Waals surface area contributed by atoms with Gasteiger partial charge in [-0.2, -0.15) is 0 Å². The molecule has 1 saturated heterocycles. The number of likely N-dealkylation sites (tertiary alicyclic amines) is 1. The summed E-state index contributed by atoms with van der Waals surface area (Å²) in [6.45, 7) is 0.846. The summed E-state index contributed by atoms with van der Waals surface area (Å²) in [7, 11) is 0. The molecule has 110 valence electrons. The smallest absolute Gasteiger partial charge is 0.410 e. The number of aliphatic hydroxyl groups is 1. The van der Waals surface area contributed by atoms with Crippen LogP contribution in [0.4, 0.5) is 4.79 Å². The molecule has 0 aliphatic carbocycles. The fourth-order valence-corrected chi connectivity index (χ4v) is 2.45. The van der Waals surface area contributed by atoms with E-state index < -0.39 is 0 Å². The lowest BCUT2D eigenvalue weighted by Crippen LogP contribution is -2.36. The SMILES string of the molecule is N#[N+]/C=C(\O)C[C@@H]1CCCN1C(=O)OCc1ccccc1. The van der Waals surface area contributed by atoms with Crippen molar-refractivity contribution in [3.05, 3.63) is 52.8 Å². The zero-order chi connectivity index (χ0) is 15.1. The highest BCUT2D eigenvalue weighted by Crippen LogP contribution is 2.23. The van der Waals surface area contributed by atoms with Crippen molar-refractivity contribution in [2.24, 2.45) is 0 Å². The van der Waals surface area contributed by atoms with E-state index in [2.05, 4.69) is 4.98 Å². The second kappa shape index (κ2) is 7.29. The van der Waals surface area contributed by atoms with Crippen LogP contribution in [0.1, 0.15) is 24.8 Å². The number of ether oxygens (including phenoxy) is 1. The number of carbonyl (C=O) groups excluding carboxylic acids is 1. The number of hydrogen-bond donors (Lipinski definition) is 1. The molecule has 0 aromatic heterocycles. The van der Waals surface area contributed by atoms with E-state index in [1.165, 1.54) is 0 Å². The average Bonchev–Trinajstić information content (AvgIpc) is 2.94. The molecular weight excluding hydrogens is 270 g/mol. The predicted octanol–water partition coefficient (Wildman–Crippen LogP) is 3.43. The van der Waals surface area contributed by atoms with Crippen LogP contribution in [0.5, 0.6) is 0 Å². The van der Waals surface area contributed by atoms with Gasteiger partial charge in [-0.3, -0.25) is 0 Å². The highest BCUT2D eigenvalue weighted by atomic mass is 16.6. The molecule has 0 radical (unpaired) electrons. The molecule has 1 fully saturated rings. The van der Waals surface area contributed by atoms with Gasteiger partial charge in [0.2, 0.25) is 5.39 Å². The van der Waals surface area contributed by atoms with Crippen molar-refractivity contribution in [2.45, 2.75) is 31.9 Å². The molecule has 0 spiro atoms. The molecule has 21 heavy (non-hydrogen) atoms. The van der Waals surface area contributed by atoms with Gasteiger partial charge in [0.05, 0.1) is 0 Å². The summed E-state index contributed by atoms with van der Waals surface area (Å²) in [4.78, 5) is 16.5. The van der Waals surface area contributed by atoms with Crippen LogP contribution < -0.4 is 0 Å². The van der Waals surface area contributed by atoms with Crippen LogP contribution in [-0.2, 0) is 11.3 Å². The lowest BCUT2D eigenvalue weighted by atomic mass is 10.1. The fourth-order valence-electron chi connectivity index (χ4n) is 2.45. The number of aliphatic hydroxyl groups excluding tert-OH is 1. The number of amides is 1. The Labute approximate surface area is 123 Å². The number of diazo groups is 1. The van der Waals surface area contributed by atoms with E-state index in [-0.39, 0.29) is 30.9 Å². The first-order chi connectivity index (χ1) is 10.2. The van der Waals surface area contributed by atoms with Crippen molar-refractivity contribution < 1.29 is 14.6 Å². The minimum atomic E-state index is -0.380. The summed E-state index contributed by atoms with van der Waals surface area (Å²) >= 11 is 0. The van der Waals surface area contributed by atoms with Crippen LogP contribution in [0.3, 0.4) is 0 Å². The Morgan fingerprint density at radius 3 is 2.95 bits per heavy atom. The summed E-state index contributed by atoms with van der Waals surface area (Å²) < 4.78 is 5.30. The zero-order valence-corrected chi connectivity index (χ0v) is 11.7. The van der Waals surface area contributed by atoms with Crippen molar-refractivity contribution in [3.63, 3.8) is 0 Å². The highest BCUT2D eigenvalue weighted by Gasteiger charge is 2.31. The standard InChI is InChI=1S/C15H17N3O3/c16-17-10-14(19)9-13-7-4-8-18(13)15(20)21-11-12-5-2-1-3-6-12/h1-3,5-6,10,13H,4,7-9,11H2/p+1/b14-10-/t13-/m0/s1. The molecule has 0 bridgehead atoms. The van der Waals surface area contributed by atoms with Gasteiger partial charge in [0.15, 0.2) is 10.7 Å². The molecule has 2 rings (SSSR count). The Morgan fingerprint density at radius 1 is 1.48 bits per heavy atom. The third-order valence-corrected chi connectivity index (χ3v) is 3.47. The molecule has 6 heteroatoms. The average molecular weight is 288 g/mol. The van der Waals surface area contributed by atoms with Gasteiger partial charge in [0, 0.05) is 19.0 Å². The monoisotopic (exact) mass is 288 g/mol. The number of hydrogen-bond acceptors (Lipinski definition) is 4. The van der Waals surface area contributed by atoms with Crippen molar-refractivity contribution in [2.75, 3.05) is 6.54 Å². The minimum Gasteiger partial charge on any atom is -0.505 e. The van der Waals surface area contributed by atoms with Gasteiger partial charge in [0.1, 0.15) is 6.61 Å². The fraction of sp³-hybridized carbons (Fsp3) is 0.400. The zero-order valence-electron chi connectivity index (χ0n) is 11.7. The molecule has 1 N–H and O–H groups in total. The summed E-state index contributed by atoms with van der Waals surface area (Å²) in [5.41, 5.74) is 0.934. The van der Waals surface area contributed by atoms with Gasteiger partial charge in [-0.15, -0.1) is 0 Å². The van der Waals surface area contributed by atoms with Gasteiger partial charge in [-0.25, -0.2) is 4.79 Å². The van der Waals surface area contributed by atoms with Crippen molar-refractivity contribution in [3.8, 4) is 0 Å². The highest BCUT2D eigenvalue weighted by molar-refractivity contribution is 5.68. The first-order valence-corrected chi connectivity index (χ1v) is 6.90. The largest absolute Gasteiger partial charge is 0.505 e. The number of benzene rings is 1. The van der Waals surface area contributed by atoms with E-state index in [4.69, 9.17) is 10.1 Å². The Balaban J connectivity index is 1.89. The molecule has 1 atom stereocenters. The number of carbonyl (C=O) groups is 1. The van der Waals surface area contributed by atoms with Crippen molar-refractivity contribution in [1.29, 1.82) is 5.39 Å². The second-order valence-corrected chi connectivity index (χ2v) is 4.97. The van der Waals surface area contributed by atoms with Crippen LogP contribution in [0.2, 0.25) is 0 Å². The Morgan fingerprint density at radius 2 is 2.24 bits per heavy atom. The van der Waals surface area contributed by atoms with E-state index in [0.29, 0.717) is 6.54 Å². The lowest BCUT2D eigenvalue weighted by Gasteiger charge is -2.23. The Kier molecular flexibility index (Phi) is 5.16. The van der Waals surface area contributed by atoms with Crippen LogP contribution in [0.15, 0.2) is 42.3 Å².